The van der Waals surface area contributed by atoms with Gasteiger partial charge >= 0.3 is 6.09 Å². The summed E-state index contributed by atoms with van der Waals surface area (Å²) in [7, 11) is 0. The molecule has 30 heavy (non-hydrogen) atoms. The first-order valence-corrected chi connectivity index (χ1v) is 10.4. The first-order chi connectivity index (χ1) is 14.4. The van der Waals surface area contributed by atoms with E-state index < -0.39 is 23.9 Å². The summed E-state index contributed by atoms with van der Waals surface area (Å²) in [6, 6.07) is -0.828. The standard InChI is InChI=1S/C19H34N4O7/c20-17(25)15(7-3-4-8-22-19(27)28)23-16(24)13-30-12-11-29-10-9-21-18(26)14-5-1-2-6-14/h14-15,22H,1-13H2,(H2,20,25)(H,21,26)(H,23,24)(H,27,28). The summed E-state index contributed by atoms with van der Waals surface area (Å²) < 4.78 is 10.6. The largest absolute Gasteiger partial charge is 0.465 e. The maximum atomic E-state index is 11.8. The number of hydrogen-bond acceptors (Lipinski definition) is 6. The van der Waals surface area contributed by atoms with Crippen LogP contribution >= 0.6 is 0 Å². The SMILES string of the molecule is NC(=O)C(CCCCNC(=O)O)NC(=O)COCCOCCNC(=O)C1CCCC1. The molecule has 0 aromatic carbocycles. The average Bonchev–Trinajstić information content (AvgIpc) is 3.23. The van der Waals surface area contributed by atoms with Crippen molar-refractivity contribution >= 4 is 23.8 Å². The number of carbonyl (C=O) groups excluding carboxylic acids is 3. The number of nitrogens with one attached hydrogen (secondary N) is 3. The van der Waals surface area contributed by atoms with Crippen molar-refractivity contribution in [2.45, 2.75) is 51.0 Å². The van der Waals surface area contributed by atoms with E-state index >= 15 is 0 Å². The van der Waals surface area contributed by atoms with Gasteiger partial charge in [0.2, 0.25) is 17.7 Å². The second kappa shape index (κ2) is 15.4. The number of ether oxygens (including phenoxy) is 2. The fourth-order valence-electron chi connectivity index (χ4n) is 3.15. The summed E-state index contributed by atoms with van der Waals surface area (Å²) >= 11 is 0. The zero-order chi connectivity index (χ0) is 22.2. The molecule has 0 bridgehead atoms. The van der Waals surface area contributed by atoms with Gasteiger partial charge in [0, 0.05) is 19.0 Å². The van der Waals surface area contributed by atoms with Crippen LogP contribution in [-0.2, 0) is 23.9 Å². The summed E-state index contributed by atoms with van der Waals surface area (Å²) in [5.41, 5.74) is 5.28. The van der Waals surface area contributed by atoms with Crippen LogP contribution in [0.3, 0.4) is 0 Å². The van der Waals surface area contributed by atoms with E-state index in [1.807, 2.05) is 0 Å². The predicted molar refractivity (Wildman–Crippen MR) is 108 cm³/mol. The van der Waals surface area contributed by atoms with Crippen LogP contribution in [0.2, 0.25) is 0 Å². The molecule has 11 nitrogen and oxygen atoms in total. The van der Waals surface area contributed by atoms with Crippen LogP contribution in [-0.4, -0.2) is 74.5 Å². The van der Waals surface area contributed by atoms with Crippen LogP contribution < -0.4 is 21.7 Å². The molecule has 1 atom stereocenters. The Labute approximate surface area is 176 Å². The van der Waals surface area contributed by atoms with E-state index in [1.54, 1.807) is 0 Å². The Kier molecular flexibility index (Phi) is 13.2. The van der Waals surface area contributed by atoms with Crippen molar-refractivity contribution in [3.05, 3.63) is 0 Å². The van der Waals surface area contributed by atoms with Crippen LogP contribution in [0.25, 0.3) is 0 Å². The number of amides is 4. The summed E-state index contributed by atoms with van der Waals surface area (Å²) in [6.07, 6.45) is 4.42. The topological polar surface area (TPSA) is 169 Å². The lowest BCUT2D eigenvalue weighted by molar-refractivity contribution is -0.131. The molecule has 1 aliphatic rings. The van der Waals surface area contributed by atoms with Crippen molar-refractivity contribution < 1.29 is 33.8 Å². The Morgan fingerprint density at radius 2 is 1.67 bits per heavy atom. The van der Waals surface area contributed by atoms with E-state index in [1.165, 1.54) is 0 Å². The Morgan fingerprint density at radius 1 is 0.967 bits per heavy atom. The number of carbonyl (C=O) groups is 4. The van der Waals surface area contributed by atoms with Gasteiger partial charge < -0.3 is 36.3 Å². The van der Waals surface area contributed by atoms with Crippen LogP contribution in [0.15, 0.2) is 0 Å². The Balaban J connectivity index is 2.01. The molecule has 0 heterocycles. The molecule has 0 aromatic heterocycles. The summed E-state index contributed by atoms with van der Waals surface area (Å²) in [5.74, 6) is -0.896. The highest BCUT2D eigenvalue weighted by atomic mass is 16.5. The molecule has 1 fully saturated rings. The highest BCUT2D eigenvalue weighted by Crippen LogP contribution is 2.24. The quantitative estimate of drug-likeness (QED) is 0.210. The number of carboxylic acid groups (broad SMARTS) is 1. The van der Waals surface area contributed by atoms with Crippen molar-refractivity contribution in [3.63, 3.8) is 0 Å². The van der Waals surface area contributed by atoms with E-state index in [4.69, 9.17) is 20.3 Å². The van der Waals surface area contributed by atoms with Crippen molar-refractivity contribution in [1.82, 2.24) is 16.0 Å². The van der Waals surface area contributed by atoms with Crippen molar-refractivity contribution in [2.75, 3.05) is 39.5 Å². The van der Waals surface area contributed by atoms with Gasteiger partial charge in [-0.1, -0.05) is 12.8 Å². The van der Waals surface area contributed by atoms with Gasteiger partial charge in [0.1, 0.15) is 12.6 Å². The van der Waals surface area contributed by atoms with E-state index in [0.717, 1.165) is 25.7 Å². The van der Waals surface area contributed by atoms with Crippen LogP contribution in [0.1, 0.15) is 44.9 Å². The molecule has 4 amide bonds. The second-order valence-electron chi connectivity index (χ2n) is 7.19. The maximum Gasteiger partial charge on any atom is 0.404 e. The number of hydrogen-bond donors (Lipinski definition) is 5. The van der Waals surface area contributed by atoms with Gasteiger partial charge in [-0.15, -0.1) is 0 Å². The van der Waals surface area contributed by atoms with E-state index in [0.29, 0.717) is 32.4 Å². The third kappa shape index (κ3) is 12.2. The summed E-state index contributed by atoms with van der Waals surface area (Å²) in [4.78, 5) is 45.4. The lowest BCUT2D eigenvalue weighted by atomic mass is 10.1. The normalized spacial score (nSPS) is 14.8. The van der Waals surface area contributed by atoms with Crippen LogP contribution in [0.4, 0.5) is 4.79 Å². The zero-order valence-corrected chi connectivity index (χ0v) is 17.3. The summed E-state index contributed by atoms with van der Waals surface area (Å²) in [6.45, 7) is 1.33. The molecule has 0 spiro atoms. The van der Waals surface area contributed by atoms with Gasteiger partial charge in [-0.3, -0.25) is 14.4 Å². The van der Waals surface area contributed by atoms with Crippen molar-refractivity contribution in [1.29, 1.82) is 0 Å². The average molecular weight is 431 g/mol. The van der Waals surface area contributed by atoms with Crippen molar-refractivity contribution in [2.24, 2.45) is 11.7 Å². The molecule has 0 aliphatic heterocycles. The molecule has 1 unspecified atom stereocenters. The lowest BCUT2D eigenvalue weighted by Gasteiger charge is -2.15. The molecular weight excluding hydrogens is 396 g/mol. The second-order valence-corrected chi connectivity index (χ2v) is 7.19. The molecule has 6 N–H and O–H groups in total. The van der Waals surface area contributed by atoms with Crippen LogP contribution in [0, 0.1) is 5.92 Å². The molecule has 172 valence electrons. The third-order valence-electron chi connectivity index (χ3n) is 4.75. The van der Waals surface area contributed by atoms with E-state index in [2.05, 4.69) is 16.0 Å². The molecular formula is C19H34N4O7. The molecule has 1 rings (SSSR count). The zero-order valence-electron chi connectivity index (χ0n) is 17.3. The Hall–Kier alpha value is -2.40. The molecule has 11 heteroatoms. The Bertz CT molecular complexity index is 553. The molecule has 0 saturated heterocycles. The minimum Gasteiger partial charge on any atom is -0.465 e. The number of nitrogens with two attached hydrogens (primary N) is 1. The maximum absolute atomic E-state index is 11.8. The summed E-state index contributed by atoms with van der Waals surface area (Å²) in [5, 5.41) is 16.0. The molecule has 0 radical (unpaired) electrons. The lowest BCUT2D eigenvalue weighted by Crippen LogP contribution is -2.45. The number of unbranched alkanes of at least 4 members (excludes halogenated alkanes) is 1. The van der Waals surface area contributed by atoms with Gasteiger partial charge in [-0.05, 0) is 32.1 Å². The van der Waals surface area contributed by atoms with Gasteiger partial charge in [0.05, 0.1) is 19.8 Å². The third-order valence-corrected chi connectivity index (χ3v) is 4.75. The predicted octanol–water partition coefficient (Wildman–Crippen LogP) is -0.266. The van der Waals surface area contributed by atoms with Gasteiger partial charge in [-0.2, -0.15) is 0 Å². The molecule has 1 aliphatic carbocycles. The van der Waals surface area contributed by atoms with E-state index in [9.17, 15) is 19.2 Å². The number of primary amides is 1. The van der Waals surface area contributed by atoms with Crippen LogP contribution in [0.5, 0.6) is 0 Å². The van der Waals surface area contributed by atoms with Gasteiger partial charge in [0.15, 0.2) is 0 Å². The fraction of sp³-hybridized carbons (Fsp3) is 0.789. The van der Waals surface area contributed by atoms with E-state index in [-0.39, 0.29) is 38.2 Å². The fourth-order valence-corrected chi connectivity index (χ4v) is 3.15. The monoisotopic (exact) mass is 430 g/mol. The smallest absolute Gasteiger partial charge is 0.404 e. The molecule has 0 aromatic rings. The van der Waals surface area contributed by atoms with Gasteiger partial charge in [0.25, 0.3) is 0 Å². The first-order valence-electron chi connectivity index (χ1n) is 10.4. The minimum absolute atomic E-state index is 0.0891. The highest BCUT2D eigenvalue weighted by Gasteiger charge is 2.22. The van der Waals surface area contributed by atoms with Crippen molar-refractivity contribution in [3.8, 4) is 0 Å². The Morgan fingerprint density at radius 3 is 2.33 bits per heavy atom. The van der Waals surface area contributed by atoms with Gasteiger partial charge in [-0.25, -0.2) is 4.79 Å². The highest BCUT2D eigenvalue weighted by molar-refractivity contribution is 5.87. The first kappa shape index (κ1) is 25.6. The number of rotatable bonds is 16. The minimum atomic E-state index is -1.11. The molecule has 1 saturated carbocycles.